The molecule has 0 atom stereocenters. The second kappa shape index (κ2) is 6.58. The normalized spacial score (nSPS) is 10.6. The van der Waals surface area contributed by atoms with Gasteiger partial charge in [-0.2, -0.15) is 0 Å². The van der Waals surface area contributed by atoms with E-state index in [0.717, 1.165) is 32.2 Å². The maximum absolute atomic E-state index is 5.56. The molecule has 0 spiro atoms. The number of aryl methyl sites for hydroxylation is 3. The van der Waals surface area contributed by atoms with Crippen LogP contribution >= 0.6 is 11.3 Å². The Morgan fingerprint density at radius 2 is 1.76 bits per heavy atom. The largest absolute Gasteiger partial charge is 0.330 e. The zero-order valence-electron chi connectivity index (χ0n) is 10.1. The summed E-state index contributed by atoms with van der Waals surface area (Å²) in [6.07, 6.45) is 4.51. The molecule has 0 radical (unpaired) electrons. The molecular weight excluding hydrogens is 226 g/mol. The SMILES string of the molecule is NCCCc1sccc1CCc1ccccc1. The van der Waals surface area contributed by atoms with Crippen LogP contribution in [0.3, 0.4) is 0 Å². The van der Waals surface area contributed by atoms with Gasteiger partial charge in [0.2, 0.25) is 0 Å². The first-order chi connectivity index (χ1) is 8.40. The highest BCUT2D eigenvalue weighted by Gasteiger charge is 2.04. The van der Waals surface area contributed by atoms with E-state index < -0.39 is 0 Å². The van der Waals surface area contributed by atoms with Crippen LogP contribution in [0.5, 0.6) is 0 Å². The summed E-state index contributed by atoms with van der Waals surface area (Å²) in [7, 11) is 0. The average molecular weight is 245 g/mol. The van der Waals surface area contributed by atoms with E-state index in [1.807, 2.05) is 11.3 Å². The Morgan fingerprint density at radius 3 is 2.53 bits per heavy atom. The second-order valence-electron chi connectivity index (χ2n) is 4.25. The molecule has 1 aromatic carbocycles. The van der Waals surface area contributed by atoms with Gasteiger partial charge in [-0.1, -0.05) is 30.3 Å². The van der Waals surface area contributed by atoms with E-state index >= 15 is 0 Å². The van der Waals surface area contributed by atoms with E-state index in [1.165, 1.54) is 16.0 Å². The topological polar surface area (TPSA) is 26.0 Å². The Kier molecular flexibility index (Phi) is 4.77. The molecule has 2 rings (SSSR count). The Morgan fingerprint density at radius 1 is 0.941 bits per heavy atom. The third-order valence-electron chi connectivity index (χ3n) is 2.97. The minimum atomic E-state index is 0.788. The number of hydrogen-bond donors (Lipinski definition) is 1. The van der Waals surface area contributed by atoms with Crippen molar-refractivity contribution in [2.45, 2.75) is 25.7 Å². The van der Waals surface area contributed by atoms with Crippen molar-refractivity contribution in [2.75, 3.05) is 6.54 Å². The third kappa shape index (κ3) is 3.69. The van der Waals surface area contributed by atoms with Crippen LogP contribution in [0, 0.1) is 0 Å². The van der Waals surface area contributed by atoms with Crippen molar-refractivity contribution in [2.24, 2.45) is 5.73 Å². The average Bonchev–Trinajstić information content (AvgIpc) is 2.82. The van der Waals surface area contributed by atoms with Crippen LogP contribution in [0.15, 0.2) is 41.8 Å². The van der Waals surface area contributed by atoms with Gasteiger partial charge in [0.05, 0.1) is 0 Å². The molecule has 90 valence electrons. The van der Waals surface area contributed by atoms with Gasteiger partial charge in [-0.05, 0) is 54.8 Å². The Balaban J connectivity index is 1.92. The van der Waals surface area contributed by atoms with Crippen molar-refractivity contribution < 1.29 is 0 Å². The van der Waals surface area contributed by atoms with Gasteiger partial charge in [-0.15, -0.1) is 11.3 Å². The van der Waals surface area contributed by atoms with E-state index in [4.69, 9.17) is 5.73 Å². The maximum atomic E-state index is 5.56. The van der Waals surface area contributed by atoms with Gasteiger partial charge in [0.25, 0.3) is 0 Å². The fraction of sp³-hybridized carbons (Fsp3) is 0.333. The van der Waals surface area contributed by atoms with E-state index in [2.05, 4.69) is 41.8 Å². The highest BCUT2D eigenvalue weighted by atomic mass is 32.1. The molecule has 0 aliphatic carbocycles. The predicted octanol–water partition coefficient (Wildman–Crippen LogP) is 3.42. The third-order valence-corrected chi connectivity index (χ3v) is 3.99. The molecule has 1 heterocycles. The molecule has 17 heavy (non-hydrogen) atoms. The van der Waals surface area contributed by atoms with Crippen molar-refractivity contribution in [3.63, 3.8) is 0 Å². The lowest BCUT2D eigenvalue weighted by Gasteiger charge is -2.03. The second-order valence-corrected chi connectivity index (χ2v) is 5.25. The molecule has 0 aliphatic heterocycles. The van der Waals surface area contributed by atoms with Crippen LogP contribution in [0.2, 0.25) is 0 Å². The summed E-state index contributed by atoms with van der Waals surface area (Å²) in [6.45, 7) is 0.788. The summed E-state index contributed by atoms with van der Waals surface area (Å²) in [5.41, 5.74) is 8.49. The minimum absolute atomic E-state index is 0.788. The van der Waals surface area contributed by atoms with Gasteiger partial charge in [-0.25, -0.2) is 0 Å². The first-order valence-electron chi connectivity index (χ1n) is 6.19. The highest BCUT2D eigenvalue weighted by Crippen LogP contribution is 2.20. The molecule has 0 unspecified atom stereocenters. The van der Waals surface area contributed by atoms with Crippen molar-refractivity contribution >= 4 is 11.3 Å². The minimum Gasteiger partial charge on any atom is -0.330 e. The Hall–Kier alpha value is -1.12. The summed E-state index contributed by atoms with van der Waals surface area (Å²) in [5, 5.41) is 2.20. The number of nitrogens with two attached hydrogens (primary N) is 1. The molecule has 1 aromatic heterocycles. The summed E-state index contributed by atoms with van der Waals surface area (Å²) in [4.78, 5) is 1.52. The van der Waals surface area contributed by atoms with Gasteiger partial charge in [0.15, 0.2) is 0 Å². The Bertz CT molecular complexity index is 433. The molecule has 1 nitrogen and oxygen atoms in total. The lowest BCUT2D eigenvalue weighted by molar-refractivity contribution is 0.828. The van der Waals surface area contributed by atoms with Crippen LogP contribution in [0.25, 0.3) is 0 Å². The van der Waals surface area contributed by atoms with Crippen LogP contribution in [0.1, 0.15) is 22.4 Å². The van der Waals surface area contributed by atoms with E-state index in [9.17, 15) is 0 Å². The van der Waals surface area contributed by atoms with Crippen LogP contribution in [-0.2, 0) is 19.3 Å². The van der Waals surface area contributed by atoms with E-state index in [0.29, 0.717) is 0 Å². The Labute approximate surface area is 107 Å². The van der Waals surface area contributed by atoms with Crippen molar-refractivity contribution in [3.05, 3.63) is 57.8 Å². The molecule has 0 aliphatic rings. The molecule has 0 fully saturated rings. The summed E-state index contributed by atoms with van der Waals surface area (Å²) in [6, 6.07) is 13.0. The monoisotopic (exact) mass is 245 g/mol. The molecule has 2 aromatic rings. The summed E-state index contributed by atoms with van der Waals surface area (Å²) >= 11 is 1.87. The van der Waals surface area contributed by atoms with Crippen LogP contribution in [0.4, 0.5) is 0 Å². The zero-order chi connectivity index (χ0) is 11.9. The molecule has 0 bridgehead atoms. The fourth-order valence-electron chi connectivity index (χ4n) is 2.00. The first kappa shape index (κ1) is 12.3. The number of thiophene rings is 1. The van der Waals surface area contributed by atoms with E-state index in [1.54, 1.807) is 0 Å². The van der Waals surface area contributed by atoms with Gasteiger partial charge in [-0.3, -0.25) is 0 Å². The fourth-order valence-corrected chi connectivity index (χ4v) is 2.98. The molecule has 0 amide bonds. The quantitative estimate of drug-likeness (QED) is 0.829. The summed E-state index contributed by atoms with van der Waals surface area (Å²) < 4.78 is 0. The number of hydrogen-bond acceptors (Lipinski definition) is 2. The standard InChI is InChI=1S/C15H19NS/c16-11-4-7-15-14(10-12-17-15)9-8-13-5-2-1-3-6-13/h1-3,5-6,10,12H,4,7-9,11,16H2. The molecule has 2 N–H and O–H groups in total. The highest BCUT2D eigenvalue weighted by molar-refractivity contribution is 7.10. The van der Waals surface area contributed by atoms with E-state index in [-0.39, 0.29) is 0 Å². The first-order valence-corrected chi connectivity index (χ1v) is 7.07. The number of benzene rings is 1. The van der Waals surface area contributed by atoms with Gasteiger partial charge in [0, 0.05) is 4.88 Å². The zero-order valence-corrected chi connectivity index (χ0v) is 10.9. The summed E-state index contributed by atoms with van der Waals surface area (Å²) in [5.74, 6) is 0. The molecule has 0 saturated carbocycles. The van der Waals surface area contributed by atoms with Crippen molar-refractivity contribution in [3.8, 4) is 0 Å². The predicted molar refractivity (Wildman–Crippen MR) is 75.5 cm³/mol. The van der Waals surface area contributed by atoms with Gasteiger partial charge < -0.3 is 5.73 Å². The van der Waals surface area contributed by atoms with Gasteiger partial charge in [0.1, 0.15) is 0 Å². The lowest BCUT2D eigenvalue weighted by atomic mass is 10.0. The van der Waals surface area contributed by atoms with Crippen LogP contribution in [-0.4, -0.2) is 6.54 Å². The molecular formula is C15H19NS. The number of rotatable bonds is 6. The maximum Gasteiger partial charge on any atom is 0.00778 e. The molecule has 2 heteroatoms. The smallest absolute Gasteiger partial charge is 0.00778 e. The van der Waals surface area contributed by atoms with Crippen LogP contribution < -0.4 is 5.73 Å². The molecule has 0 saturated heterocycles. The lowest BCUT2D eigenvalue weighted by Crippen LogP contribution is -2.01. The van der Waals surface area contributed by atoms with Crippen molar-refractivity contribution in [1.29, 1.82) is 0 Å². The van der Waals surface area contributed by atoms with Crippen molar-refractivity contribution in [1.82, 2.24) is 0 Å². The van der Waals surface area contributed by atoms with Gasteiger partial charge >= 0.3 is 0 Å².